The second kappa shape index (κ2) is 7.82. The summed E-state index contributed by atoms with van der Waals surface area (Å²) in [6, 6.07) is 0. The van der Waals surface area contributed by atoms with Gasteiger partial charge in [-0.3, -0.25) is 9.69 Å². The third kappa shape index (κ3) is 6.36. The minimum absolute atomic E-state index is 0.111. The maximum absolute atomic E-state index is 11.9. The molecule has 5 nitrogen and oxygen atoms in total. The lowest BCUT2D eigenvalue weighted by atomic mass is 10.0. The lowest BCUT2D eigenvalue weighted by molar-refractivity contribution is -0.124. The van der Waals surface area contributed by atoms with E-state index in [0.29, 0.717) is 25.8 Å². The number of hydrogen-bond acceptors (Lipinski definition) is 4. The average Bonchev–Trinajstić information content (AvgIpc) is 2.37. The summed E-state index contributed by atoms with van der Waals surface area (Å²) in [6.07, 6.45) is 3.23. The molecule has 112 valence electrons. The summed E-state index contributed by atoms with van der Waals surface area (Å²) in [6.45, 7) is 9.75. The summed E-state index contributed by atoms with van der Waals surface area (Å²) < 4.78 is 5.63. The number of rotatable bonds is 7. The van der Waals surface area contributed by atoms with Gasteiger partial charge in [0, 0.05) is 25.2 Å². The molecule has 5 heteroatoms. The first kappa shape index (κ1) is 16.4. The minimum atomic E-state index is -0.111. The van der Waals surface area contributed by atoms with Gasteiger partial charge in [-0.15, -0.1) is 0 Å². The Morgan fingerprint density at radius 3 is 2.58 bits per heavy atom. The fourth-order valence-electron chi connectivity index (χ4n) is 2.18. The predicted octanol–water partition coefficient (Wildman–Crippen LogP) is 0.731. The molecule has 0 spiro atoms. The molecule has 3 N–H and O–H groups in total. The van der Waals surface area contributed by atoms with Gasteiger partial charge in [-0.2, -0.15) is 0 Å². The first-order chi connectivity index (χ1) is 8.96. The van der Waals surface area contributed by atoms with Crippen LogP contribution in [0.15, 0.2) is 0 Å². The van der Waals surface area contributed by atoms with Crippen LogP contribution in [-0.4, -0.2) is 55.2 Å². The molecular weight excluding hydrogens is 242 g/mol. The molecule has 19 heavy (non-hydrogen) atoms. The molecule has 0 aromatic carbocycles. The number of carbonyl (C=O) groups is 1. The number of nitrogens with one attached hydrogen (secondary N) is 1. The number of nitrogens with zero attached hydrogens (tertiary/aromatic N) is 1. The predicted molar refractivity (Wildman–Crippen MR) is 77.0 cm³/mol. The summed E-state index contributed by atoms with van der Waals surface area (Å²) in [4.78, 5) is 14.1. The zero-order valence-corrected chi connectivity index (χ0v) is 12.6. The van der Waals surface area contributed by atoms with Gasteiger partial charge in [0.15, 0.2) is 0 Å². The summed E-state index contributed by atoms with van der Waals surface area (Å²) >= 11 is 0. The number of hydrogen-bond donors (Lipinski definition) is 2. The van der Waals surface area contributed by atoms with Gasteiger partial charge >= 0.3 is 0 Å². The lowest BCUT2D eigenvalue weighted by Crippen LogP contribution is -2.49. The molecule has 0 aliphatic carbocycles. The molecule has 1 fully saturated rings. The van der Waals surface area contributed by atoms with Gasteiger partial charge in [0.2, 0.25) is 5.91 Å². The summed E-state index contributed by atoms with van der Waals surface area (Å²) in [5.41, 5.74) is 5.31. The Morgan fingerprint density at radius 1 is 1.42 bits per heavy atom. The van der Waals surface area contributed by atoms with E-state index in [1.165, 1.54) is 0 Å². The molecule has 1 rings (SSSR count). The van der Waals surface area contributed by atoms with E-state index in [4.69, 9.17) is 10.5 Å². The van der Waals surface area contributed by atoms with E-state index in [0.717, 1.165) is 32.4 Å². The normalized spacial score (nSPS) is 18.5. The Labute approximate surface area is 116 Å². The van der Waals surface area contributed by atoms with Crippen molar-refractivity contribution in [2.45, 2.75) is 51.7 Å². The Hall–Kier alpha value is -0.650. The molecule has 1 saturated heterocycles. The van der Waals surface area contributed by atoms with Gasteiger partial charge in [0.05, 0.1) is 19.3 Å². The highest BCUT2D eigenvalue weighted by Crippen LogP contribution is 2.13. The molecule has 0 aromatic heterocycles. The molecule has 0 aromatic rings. The highest BCUT2D eigenvalue weighted by Gasteiger charge is 2.23. The number of nitrogens with two attached hydrogens (primary N) is 1. The number of piperidine rings is 1. The Bertz CT molecular complexity index is 274. The van der Waals surface area contributed by atoms with Crippen LogP contribution >= 0.6 is 0 Å². The monoisotopic (exact) mass is 271 g/mol. The highest BCUT2D eigenvalue weighted by atomic mass is 16.5. The van der Waals surface area contributed by atoms with Crippen LogP contribution in [0.25, 0.3) is 0 Å². The van der Waals surface area contributed by atoms with E-state index in [-0.39, 0.29) is 11.4 Å². The quantitative estimate of drug-likeness (QED) is 0.716. The van der Waals surface area contributed by atoms with E-state index >= 15 is 0 Å². The van der Waals surface area contributed by atoms with Crippen molar-refractivity contribution in [1.29, 1.82) is 0 Å². The molecule has 0 unspecified atom stereocenters. The van der Waals surface area contributed by atoms with Crippen LogP contribution in [-0.2, 0) is 9.53 Å². The van der Waals surface area contributed by atoms with Crippen molar-refractivity contribution in [2.75, 3.05) is 32.8 Å². The van der Waals surface area contributed by atoms with Crippen molar-refractivity contribution >= 4 is 5.91 Å². The zero-order chi connectivity index (χ0) is 14.3. The van der Waals surface area contributed by atoms with Crippen LogP contribution in [0, 0.1) is 0 Å². The number of likely N-dealkylation sites (tertiary alicyclic amines) is 1. The van der Waals surface area contributed by atoms with Crippen molar-refractivity contribution in [3.05, 3.63) is 0 Å². The summed E-state index contributed by atoms with van der Waals surface area (Å²) in [7, 11) is 0. The molecule has 1 heterocycles. The van der Waals surface area contributed by atoms with Crippen molar-refractivity contribution < 1.29 is 9.53 Å². The molecule has 1 aliphatic heterocycles. The fraction of sp³-hybridized carbons (Fsp3) is 0.929. The maximum Gasteiger partial charge on any atom is 0.234 e. The van der Waals surface area contributed by atoms with Gasteiger partial charge in [-0.05, 0) is 33.1 Å². The first-order valence-corrected chi connectivity index (χ1v) is 7.32. The van der Waals surface area contributed by atoms with Gasteiger partial charge < -0.3 is 15.8 Å². The SMILES string of the molecule is CCC(C)(C)NC(=O)CN1CCC(OCCN)CC1. The second-order valence-corrected chi connectivity index (χ2v) is 5.92. The first-order valence-electron chi connectivity index (χ1n) is 7.32. The molecule has 1 amide bonds. The molecule has 0 radical (unpaired) electrons. The molecule has 0 atom stereocenters. The zero-order valence-electron chi connectivity index (χ0n) is 12.6. The van der Waals surface area contributed by atoms with E-state index in [1.54, 1.807) is 0 Å². The van der Waals surface area contributed by atoms with E-state index in [1.807, 2.05) is 0 Å². The van der Waals surface area contributed by atoms with Crippen LogP contribution in [0.1, 0.15) is 40.0 Å². The van der Waals surface area contributed by atoms with Crippen LogP contribution < -0.4 is 11.1 Å². The van der Waals surface area contributed by atoms with Crippen LogP contribution in [0.5, 0.6) is 0 Å². The van der Waals surface area contributed by atoms with Gasteiger partial charge in [-0.25, -0.2) is 0 Å². The van der Waals surface area contributed by atoms with E-state index in [2.05, 4.69) is 31.0 Å². The molecule has 0 saturated carbocycles. The van der Waals surface area contributed by atoms with Gasteiger partial charge in [0.25, 0.3) is 0 Å². The van der Waals surface area contributed by atoms with Crippen LogP contribution in [0.4, 0.5) is 0 Å². The van der Waals surface area contributed by atoms with Crippen LogP contribution in [0.3, 0.4) is 0 Å². The Balaban J connectivity index is 2.23. The largest absolute Gasteiger partial charge is 0.377 e. The van der Waals surface area contributed by atoms with Gasteiger partial charge in [0.1, 0.15) is 0 Å². The summed E-state index contributed by atoms with van der Waals surface area (Å²) in [5.74, 6) is 0.119. The molecule has 1 aliphatic rings. The van der Waals surface area contributed by atoms with Crippen molar-refractivity contribution in [3.63, 3.8) is 0 Å². The number of carbonyl (C=O) groups excluding carboxylic acids is 1. The lowest BCUT2D eigenvalue weighted by Gasteiger charge is -2.32. The van der Waals surface area contributed by atoms with Crippen molar-refractivity contribution in [2.24, 2.45) is 5.73 Å². The minimum Gasteiger partial charge on any atom is -0.377 e. The third-order valence-corrected chi connectivity index (χ3v) is 3.73. The average molecular weight is 271 g/mol. The number of amides is 1. The molecular formula is C14H29N3O2. The highest BCUT2D eigenvalue weighted by molar-refractivity contribution is 5.78. The Morgan fingerprint density at radius 2 is 2.05 bits per heavy atom. The smallest absolute Gasteiger partial charge is 0.234 e. The second-order valence-electron chi connectivity index (χ2n) is 5.92. The van der Waals surface area contributed by atoms with Crippen LogP contribution in [0.2, 0.25) is 0 Å². The molecule has 0 bridgehead atoms. The number of ether oxygens (including phenoxy) is 1. The van der Waals surface area contributed by atoms with Crippen molar-refractivity contribution in [3.8, 4) is 0 Å². The van der Waals surface area contributed by atoms with E-state index < -0.39 is 0 Å². The standard InChI is InChI=1S/C14H29N3O2/c1-4-14(2,3)16-13(18)11-17-8-5-12(6-9-17)19-10-7-15/h12H,4-11,15H2,1-3H3,(H,16,18). The topological polar surface area (TPSA) is 67.6 Å². The van der Waals surface area contributed by atoms with E-state index in [9.17, 15) is 4.79 Å². The van der Waals surface area contributed by atoms with Crippen molar-refractivity contribution in [1.82, 2.24) is 10.2 Å². The fourth-order valence-corrected chi connectivity index (χ4v) is 2.18. The van der Waals surface area contributed by atoms with Gasteiger partial charge in [-0.1, -0.05) is 6.92 Å². The maximum atomic E-state index is 11.9. The Kier molecular flexibility index (Phi) is 6.75. The third-order valence-electron chi connectivity index (χ3n) is 3.73. The summed E-state index contributed by atoms with van der Waals surface area (Å²) in [5, 5.41) is 3.07.